The zero-order valence-electron chi connectivity index (χ0n) is 10.5. The summed E-state index contributed by atoms with van der Waals surface area (Å²) in [5, 5.41) is 11.2. The van der Waals surface area contributed by atoms with Crippen molar-refractivity contribution in [3.05, 3.63) is 17.5 Å². The van der Waals surface area contributed by atoms with E-state index < -0.39 is 32.8 Å². The highest BCUT2D eigenvalue weighted by molar-refractivity contribution is 8.00. The van der Waals surface area contributed by atoms with Crippen LogP contribution in [0.15, 0.2) is 10.6 Å². The van der Waals surface area contributed by atoms with Crippen molar-refractivity contribution < 1.29 is 27.6 Å². The molecule has 1 N–H and O–H groups in total. The van der Waals surface area contributed by atoms with E-state index in [2.05, 4.69) is 9.68 Å². The van der Waals surface area contributed by atoms with Gasteiger partial charge in [0.15, 0.2) is 15.5 Å². The van der Waals surface area contributed by atoms with Crippen LogP contribution in [0.3, 0.4) is 0 Å². The summed E-state index contributed by atoms with van der Waals surface area (Å²) in [6, 6.07) is 0.992. The smallest absolute Gasteiger partial charge is 0.374 e. The van der Waals surface area contributed by atoms with E-state index in [0.717, 1.165) is 12.3 Å². The van der Waals surface area contributed by atoms with Crippen molar-refractivity contribution in [1.82, 2.24) is 10.1 Å². The lowest BCUT2D eigenvalue weighted by molar-refractivity contribution is 0.0648. The average Bonchev–Trinajstić information content (AvgIpc) is 2.86. The fourth-order valence-electron chi connectivity index (χ4n) is 1.79. The van der Waals surface area contributed by atoms with Gasteiger partial charge in [0.25, 0.3) is 5.91 Å². The van der Waals surface area contributed by atoms with Gasteiger partial charge in [0.2, 0.25) is 5.76 Å². The largest absolute Gasteiger partial charge is 0.475 e. The third-order valence-electron chi connectivity index (χ3n) is 2.78. The Hall–Kier alpha value is -1.55. The van der Waals surface area contributed by atoms with Crippen LogP contribution in [-0.4, -0.2) is 65.1 Å². The highest BCUT2D eigenvalue weighted by Crippen LogP contribution is 2.22. The van der Waals surface area contributed by atoms with Crippen LogP contribution in [0.25, 0.3) is 0 Å². The molecule has 1 amide bonds. The lowest BCUT2D eigenvalue weighted by atomic mass is 10.3. The SMILES string of the molecule is CS(=O)(=O)C1CSCCN1C(=O)c1cc(C(=O)O)on1. The number of rotatable bonds is 3. The first-order chi connectivity index (χ1) is 9.30. The van der Waals surface area contributed by atoms with Gasteiger partial charge in [0.1, 0.15) is 5.37 Å². The third-order valence-corrected chi connectivity index (χ3v) is 5.42. The van der Waals surface area contributed by atoms with Crippen molar-refractivity contribution in [2.45, 2.75) is 5.37 Å². The Morgan fingerprint density at radius 1 is 1.55 bits per heavy atom. The molecule has 1 saturated heterocycles. The second-order valence-corrected chi connectivity index (χ2v) is 7.59. The van der Waals surface area contributed by atoms with Crippen LogP contribution in [0.1, 0.15) is 21.0 Å². The molecule has 1 aromatic heterocycles. The molecule has 110 valence electrons. The van der Waals surface area contributed by atoms with Crippen molar-refractivity contribution in [2.75, 3.05) is 24.3 Å². The second kappa shape index (κ2) is 5.44. The summed E-state index contributed by atoms with van der Waals surface area (Å²) < 4.78 is 27.9. The van der Waals surface area contributed by atoms with Crippen LogP contribution in [0.5, 0.6) is 0 Å². The fraction of sp³-hybridized carbons (Fsp3) is 0.500. The standard InChI is InChI=1S/C10H12N2O6S2/c1-20(16,17)8-5-19-3-2-12(8)9(13)6-4-7(10(14)15)18-11-6/h4,8H,2-3,5H2,1H3,(H,14,15). The number of sulfone groups is 1. The molecule has 0 radical (unpaired) electrons. The van der Waals surface area contributed by atoms with Crippen molar-refractivity contribution in [3.8, 4) is 0 Å². The van der Waals surface area contributed by atoms with Crippen molar-refractivity contribution >= 4 is 33.5 Å². The maximum absolute atomic E-state index is 12.2. The number of thioether (sulfide) groups is 1. The summed E-state index contributed by atoms with van der Waals surface area (Å²) in [6.45, 7) is 0.260. The number of nitrogens with zero attached hydrogens (tertiary/aromatic N) is 2. The number of carboxylic acids is 1. The highest BCUT2D eigenvalue weighted by Gasteiger charge is 2.36. The monoisotopic (exact) mass is 320 g/mol. The first kappa shape index (κ1) is 14.9. The zero-order chi connectivity index (χ0) is 14.9. The summed E-state index contributed by atoms with van der Waals surface area (Å²) in [7, 11) is -3.43. The van der Waals surface area contributed by atoms with Crippen LogP contribution in [0, 0.1) is 0 Å². The molecule has 1 unspecified atom stereocenters. The van der Waals surface area contributed by atoms with Gasteiger partial charge >= 0.3 is 5.97 Å². The molecule has 0 aromatic carbocycles. The maximum atomic E-state index is 12.2. The van der Waals surface area contributed by atoms with Crippen LogP contribution in [0.4, 0.5) is 0 Å². The molecule has 0 spiro atoms. The minimum absolute atomic E-state index is 0.206. The van der Waals surface area contributed by atoms with Gasteiger partial charge in [-0.3, -0.25) is 4.79 Å². The van der Waals surface area contributed by atoms with E-state index in [1.54, 1.807) is 0 Å². The van der Waals surface area contributed by atoms with Gasteiger partial charge in [0, 0.05) is 30.4 Å². The van der Waals surface area contributed by atoms with E-state index in [4.69, 9.17) is 5.11 Å². The fourth-order valence-corrected chi connectivity index (χ4v) is 4.61. The highest BCUT2D eigenvalue weighted by atomic mass is 32.2. The van der Waals surface area contributed by atoms with Crippen molar-refractivity contribution in [2.24, 2.45) is 0 Å². The van der Waals surface area contributed by atoms with E-state index in [-0.39, 0.29) is 18.0 Å². The molecule has 0 aliphatic carbocycles. The Kier molecular flexibility index (Phi) is 4.04. The number of carbonyl (C=O) groups excluding carboxylic acids is 1. The average molecular weight is 320 g/mol. The van der Waals surface area contributed by atoms with E-state index in [9.17, 15) is 18.0 Å². The molecule has 10 heteroatoms. The minimum atomic E-state index is -3.43. The van der Waals surface area contributed by atoms with Gasteiger partial charge in [0.05, 0.1) is 0 Å². The number of amides is 1. The van der Waals surface area contributed by atoms with Crippen molar-refractivity contribution in [3.63, 3.8) is 0 Å². The molecule has 2 heterocycles. The molecule has 1 atom stereocenters. The Morgan fingerprint density at radius 3 is 2.80 bits per heavy atom. The lowest BCUT2D eigenvalue weighted by Gasteiger charge is -2.33. The van der Waals surface area contributed by atoms with Crippen LogP contribution < -0.4 is 0 Å². The second-order valence-electron chi connectivity index (χ2n) is 4.24. The molecule has 1 aliphatic rings. The van der Waals surface area contributed by atoms with Crippen LogP contribution >= 0.6 is 11.8 Å². The summed E-state index contributed by atoms with van der Waals surface area (Å²) in [4.78, 5) is 24.1. The Bertz CT molecular complexity index is 638. The molecule has 20 heavy (non-hydrogen) atoms. The molecule has 1 aromatic rings. The summed E-state index contributed by atoms with van der Waals surface area (Å²) in [6.07, 6.45) is 1.06. The number of hydrogen-bond donors (Lipinski definition) is 1. The van der Waals surface area contributed by atoms with E-state index in [1.165, 1.54) is 16.7 Å². The van der Waals surface area contributed by atoms with Crippen LogP contribution in [-0.2, 0) is 9.84 Å². The van der Waals surface area contributed by atoms with Gasteiger partial charge < -0.3 is 14.5 Å². The summed E-state index contributed by atoms with van der Waals surface area (Å²) >= 11 is 1.45. The number of carboxylic acid groups (broad SMARTS) is 1. The topological polar surface area (TPSA) is 118 Å². The molecular formula is C10H12N2O6S2. The first-order valence-corrected chi connectivity index (χ1v) is 8.69. The first-order valence-electron chi connectivity index (χ1n) is 5.58. The molecular weight excluding hydrogens is 308 g/mol. The summed E-state index contributed by atoms with van der Waals surface area (Å²) in [5.41, 5.74) is -0.206. The number of aromatic carboxylic acids is 1. The van der Waals surface area contributed by atoms with E-state index >= 15 is 0 Å². The molecule has 1 aliphatic heterocycles. The van der Waals surface area contributed by atoms with E-state index in [1.807, 2.05) is 0 Å². The normalized spacial score (nSPS) is 19.9. The Balaban J connectivity index is 2.27. The quantitative estimate of drug-likeness (QED) is 0.822. The van der Waals surface area contributed by atoms with Gasteiger partial charge in [-0.25, -0.2) is 13.2 Å². The third kappa shape index (κ3) is 2.96. The number of aromatic nitrogens is 1. The Morgan fingerprint density at radius 2 is 2.25 bits per heavy atom. The predicted octanol–water partition coefficient (Wildman–Crippen LogP) is -0.0675. The minimum Gasteiger partial charge on any atom is -0.475 e. The van der Waals surface area contributed by atoms with Crippen molar-refractivity contribution in [1.29, 1.82) is 0 Å². The molecule has 1 fully saturated rings. The maximum Gasteiger partial charge on any atom is 0.374 e. The molecule has 2 rings (SSSR count). The van der Waals surface area contributed by atoms with E-state index in [0.29, 0.717) is 5.75 Å². The lowest BCUT2D eigenvalue weighted by Crippen LogP contribution is -2.50. The molecule has 0 saturated carbocycles. The zero-order valence-corrected chi connectivity index (χ0v) is 12.1. The summed E-state index contributed by atoms with van der Waals surface area (Å²) in [5.74, 6) is -1.55. The van der Waals surface area contributed by atoms with Gasteiger partial charge in [-0.05, 0) is 0 Å². The Labute approximate surface area is 119 Å². The van der Waals surface area contributed by atoms with Crippen LogP contribution in [0.2, 0.25) is 0 Å². The van der Waals surface area contributed by atoms with Gasteiger partial charge in [-0.15, -0.1) is 0 Å². The predicted molar refractivity (Wildman–Crippen MR) is 70.5 cm³/mol. The number of carbonyl (C=O) groups is 2. The number of hydrogen-bond acceptors (Lipinski definition) is 7. The molecule has 8 nitrogen and oxygen atoms in total. The molecule has 0 bridgehead atoms. The van der Waals surface area contributed by atoms with Gasteiger partial charge in [-0.1, -0.05) is 5.16 Å². The van der Waals surface area contributed by atoms with Gasteiger partial charge in [-0.2, -0.15) is 11.8 Å².